The fourth-order valence-corrected chi connectivity index (χ4v) is 6.29. The predicted octanol–water partition coefficient (Wildman–Crippen LogP) is 10.1. The van der Waals surface area contributed by atoms with E-state index >= 15 is 0 Å². The van der Waals surface area contributed by atoms with E-state index in [0.29, 0.717) is 12.8 Å². The Morgan fingerprint density at radius 1 is 0.574 bits per heavy atom. The fraction of sp³-hybridized carbons (Fsp3) is 0.946. The Balaban J connectivity index is 3.40. The molecule has 0 saturated carbocycles. The molecule has 0 aromatic carbocycles. The number of ether oxygens (including phenoxy) is 1. The number of nitrogens with one attached hydrogen (secondary N) is 1. The number of phosphoric ester groups is 1. The monoisotopic (exact) mass is 692 g/mol. The molecule has 0 aliphatic heterocycles. The lowest BCUT2D eigenvalue weighted by atomic mass is 10.0. The molecule has 47 heavy (non-hydrogen) atoms. The molecule has 0 radical (unpaired) electrons. The summed E-state index contributed by atoms with van der Waals surface area (Å²) in [5.74, 6) is -0.544. The van der Waals surface area contributed by atoms with Gasteiger partial charge in [0.15, 0.2) is 0 Å². The van der Waals surface area contributed by atoms with Crippen LogP contribution in [0.3, 0.4) is 0 Å². The predicted molar refractivity (Wildman–Crippen MR) is 192 cm³/mol. The molecule has 280 valence electrons. The van der Waals surface area contributed by atoms with Gasteiger partial charge in [0.05, 0.1) is 13.2 Å². The number of aliphatic hydroxyl groups is 1. The molecule has 9 nitrogen and oxygen atoms in total. The van der Waals surface area contributed by atoms with E-state index in [4.69, 9.17) is 13.8 Å². The molecule has 0 aliphatic rings. The van der Waals surface area contributed by atoms with Crippen molar-refractivity contribution in [3.8, 4) is 0 Å². The normalized spacial score (nSPS) is 13.4. The Morgan fingerprint density at radius 2 is 0.979 bits per heavy atom. The first-order valence-corrected chi connectivity index (χ1v) is 21.0. The van der Waals surface area contributed by atoms with Crippen molar-refractivity contribution in [1.29, 1.82) is 0 Å². The average molecular weight is 692 g/mol. The van der Waals surface area contributed by atoms with Crippen LogP contribution in [0.2, 0.25) is 0 Å². The Morgan fingerprint density at radius 3 is 1.40 bits per heavy atom. The quantitative estimate of drug-likeness (QED) is 0.0333. The zero-order valence-electron chi connectivity index (χ0n) is 30.5. The van der Waals surface area contributed by atoms with Crippen LogP contribution in [-0.2, 0) is 27.9 Å². The lowest BCUT2D eigenvalue weighted by Gasteiger charge is -2.15. The van der Waals surface area contributed by atoms with Crippen LogP contribution in [0.5, 0.6) is 0 Å². The number of hydrogen-bond donors (Lipinski definition) is 3. The van der Waals surface area contributed by atoms with E-state index in [1.165, 1.54) is 135 Å². The Labute approximate surface area is 288 Å². The van der Waals surface area contributed by atoms with Crippen molar-refractivity contribution in [3.63, 3.8) is 0 Å². The molecule has 2 unspecified atom stereocenters. The number of phosphoric acid groups is 1. The smallest absolute Gasteiger partial charge is 0.463 e. The third kappa shape index (κ3) is 36.1. The molecule has 0 aliphatic carbocycles. The van der Waals surface area contributed by atoms with Crippen LogP contribution in [0.15, 0.2) is 0 Å². The molecule has 0 saturated heterocycles. The van der Waals surface area contributed by atoms with E-state index in [0.717, 1.165) is 25.7 Å². The number of carbonyl (C=O) groups excluding carboxylic acids is 2. The number of unbranched alkanes of at least 4 members (excludes halogenated alkanes) is 24. The van der Waals surface area contributed by atoms with Crippen LogP contribution in [0.4, 0.5) is 0 Å². The van der Waals surface area contributed by atoms with Crippen molar-refractivity contribution >= 4 is 19.7 Å². The maximum atomic E-state index is 12.0. The summed E-state index contributed by atoms with van der Waals surface area (Å²) in [7, 11) is -4.38. The lowest BCUT2D eigenvalue weighted by molar-refractivity contribution is -0.147. The first-order chi connectivity index (χ1) is 22.8. The average Bonchev–Trinajstić information content (AvgIpc) is 3.05. The van der Waals surface area contributed by atoms with Crippen molar-refractivity contribution in [2.24, 2.45) is 0 Å². The molecular weight excluding hydrogens is 617 g/mol. The van der Waals surface area contributed by atoms with Crippen molar-refractivity contribution in [3.05, 3.63) is 0 Å². The summed E-state index contributed by atoms with van der Waals surface area (Å²) < 4.78 is 26.3. The van der Waals surface area contributed by atoms with Gasteiger partial charge in [-0.1, -0.05) is 168 Å². The van der Waals surface area contributed by atoms with Crippen molar-refractivity contribution < 1.29 is 37.9 Å². The number of aliphatic hydroxyl groups excluding tert-OH is 1. The summed E-state index contributed by atoms with van der Waals surface area (Å²) >= 11 is 0. The Kier molecular flexibility index (Phi) is 34.1. The first-order valence-electron chi connectivity index (χ1n) is 19.5. The minimum absolute atomic E-state index is 0.0870. The maximum Gasteiger partial charge on any atom is 0.472 e. The van der Waals surface area contributed by atoms with E-state index in [2.05, 4.69) is 12.2 Å². The van der Waals surface area contributed by atoms with Crippen LogP contribution in [0.25, 0.3) is 0 Å². The van der Waals surface area contributed by atoms with Gasteiger partial charge < -0.3 is 20.1 Å². The van der Waals surface area contributed by atoms with Gasteiger partial charge in [-0.15, -0.1) is 0 Å². The van der Waals surface area contributed by atoms with Crippen LogP contribution in [-0.4, -0.2) is 54.3 Å². The Hall–Kier alpha value is -0.990. The van der Waals surface area contributed by atoms with Gasteiger partial charge in [0, 0.05) is 19.4 Å². The minimum Gasteiger partial charge on any atom is -0.463 e. The highest BCUT2D eigenvalue weighted by atomic mass is 31.2. The number of esters is 1. The fourth-order valence-electron chi connectivity index (χ4n) is 5.54. The maximum absolute atomic E-state index is 12.0. The van der Waals surface area contributed by atoms with Gasteiger partial charge in [-0.25, -0.2) is 4.57 Å². The zero-order valence-corrected chi connectivity index (χ0v) is 31.4. The molecule has 3 N–H and O–H groups in total. The summed E-state index contributed by atoms with van der Waals surface area (Å²) in [6.07, 6.45) is 33.2. The topological polar surface area (TPSA) is 131 Å². The SMILES string of the molecule is CCCCCCCCCCCCCCCCCCCCCCCCCCC(=O)NCCOP(=O)(O)OCC(O)COC(=O)CCCC. The molecule has 10 heteroatoms. The summed E-state index contributed by atoms with van der Waals surface area (Å²) in [5, 5.41) is 12.4. The molecular formula is C37H74NO8P. The van der Waals surface area contributed by atoms with Crippen molar-refractivity contribution in [2.45, 2.75) is 200 Å². The summed E-state index contributed by atoms with van der Waals surface area (Å²) in [6.45, 7) is 3.29. The summed E-state index contributed by atoms with van der Waals surface area (Å²) in [4.78, 5) is 33.1. The zero-order chi connectivity index (χ0) is 34.7. The second kappa shape index (κ2) is 34.9. The highest BCUT2D eigenvalue weighted by Gasteiger charge is 2.23. The third-order valence-electron chi connectivity index (χ3n) is 8.54. The van der Waals surface area contributed by atoms with Crippen molar-refractivity contribution in [1.82, 2.24) is 5.32 Å². The molecule has 0 bridgehead atoms. The third-order valence-corrected chi connectivity index (χ3v) is 9.52. The van der Waals surface area contributed by atoms with Gasteiger partial charge in [0.25, 0.3) is 0 Å². The second-order valence-corrected chi connectivity index (χ2v) is 14.7. The second-order valence-electron chi connectivity index (χ2n) is 13.3. The highest BCUT2D eigenvalue weighted by Crippen LogP contribution is 2.42. The van der Waals surface area contributed by atoms with Gasteiger partial charge in [0.1, 0.15) is 12.7 Å². The highest BCUT2D eigenvalue weighted by molar-refractivity contribution is 7.47. The van der Waals surface area contributed by atoms with Gasteiger partial charge in [-0.05, 0) is 12.8 Å². The summed E-state index contributed by atoms with van der Waals surface area (Å²) in [5.41, 5.74) is 0. The molecule has 1 amide bonds. The number of rotatable bonds is 37. The van der Waals surface area contributed by atoms with Crippen LogP contribution >= 0.6 is 7.82 Å². The van der Waals surface area contributed by atoms with E-state index in [-0.39, 0.29) is 32.1 Å². The molecule has 2 atom stereocenters. The van der Waals surface area contributed by atoms with Gasteiger partial charge in [0.2, 0.25) is 5.91 Å². The van der Waals surface area contributed by atoms with E-state index in [1.54, 1.807) is 0 Å². The number of amides is 1. The van der Waals surface area contributed by atoms with Crippen LogP contribution in [0, 0.1) is 0 Å². The van der Waals surface area contributed by atoms with Crippen LogP contribution < -0.4 is 5.32 Å². The molecule has 0 fully saturated rings. The first kappa shape index (κ1) is 46.0. The minimum atomic E-state index is -4.38. The van der Waals surface area contributed by atoms with Gasteiger partial charge >= 0.3 is 13.8 Å². The molecule has 0 spiro atoms. The van der Waals surface area contributed by atoms with E-state index < -0.39 is 26.5 Å². The van der Waals surface area contributed by atoms with Crippen molar-refractivity contribution in [2.75, 3.05) is 26.4 Å². The molecule has 0 aromatic rings. The number of hydrogen-bond acceptors (Lipinski definition) is 7. The van der Waals surface area contributed by atoms with E-state index in [1.807, 2.05) is 6.92 Å². The molecule has 0 rings (SSSR count). The largest absolute Gasteiger partial charge is 0.472 e. The van der Waals surface area contributed by atoms with Crippen LogP contribution in [0.1, 0.15) is 194 Å². The van der Waals surface area contributed by atoms with Gasteiger partial charge in [-0.3, -0.25) is 18.6 Å². The number of carbonyl (C=O) groups is 2. The lowest BCUT2D eigenvalue weighted by Crippen LogP contribution is -2.27. The molecule has 0 heterocycles. The Bertz CT molecular complexity index is 754. The summed E-state index contributed by atoms with van der Waals surface area (Å²) in [6, 6.07) is 0. The van der Waals surface area contributed by atoms with E-state index in [9.17, 15) is 24.2 Å². The standard InChI is InChI=1S/C37H74NO8P/c1-3-5-7-8-9-10-11-12-13-14-15-16-17-18-19-20-21-22-23-24-25-26-27-28-29-36(40)38-31-32-45-47(42,43)46-34-35(39)33-44-37(41)30-6-4-2/h35,39H,3-34H2,1-2H3,(H,38,40)(H,42,43). The van der Waals surface area contributed by atoms with Gasteiger partial charge in [-0.2, -0.15) is 0 Å². The molecule has 0 aromatic heterocycles.